The van der Waals surface area contributed by atoms with E-state index in [2.05, 4.69) is 9.73 Å². The Kier molecular flexibility index (Phi) is 3.54. The van der Waals surface area contributed by atoms with E-state index in [4.69, 9.17) is 5.11 Å². The van der Waals surface area contributed by atoms with E-state index in [1.54, 1.807) is 24.3 Å². The quantitative estimate of drug-likeness (QED) is 0.856. The maximum Gasteiger partial charge on any atom is 0.335 e. The average Bonchev–Trinajstić information content (AvgIpc) is 2.39. The van der Waals surface area contributed by atoms with E-state index in [0.717, 1.165) is 6.26 Å². The van der Waals surface area contributed by atoms with Gasteiger partial charge in [-0.2, -0.15) is 0 Å². The summed E-state index contributed by atoms with van der Waals surface area (Å²) >= 11 is 0. The first-order chi connectivity index (χ1) is 8.69. The Morgan fingerprint density at radius 3 is 2.78 bits per heavy atom. The zero-order chi connectivity index (χ0) is 13.0. The molecular weight excluding hydrogens is 234 g/mol. The molecule has 5 heteroatoms. The molecule has 0 aliphatic carbocycles. The van der Waals surface area contributed by atoms with Crippen LogP contribution in [-0.4, -0.2) is 11.0 Å². The second-order valence-electron chi connectivity index (χ2n) is 3.66. The Labute approximate surface area is 103 Å². The number of aliphatic hydroxyl groups excluding tert-OH is 1. The monoisotopic (exact) mass is 245 g/mol. The number of carbonyl (C=O) groups is 1. The van der Waals surface area contributed by atoms with Crippen molar-refractivity contribution < 1.29 is 14.3 Å². The second kappa shape index (κ2) is 5.29. The number of benzene rings is 1. The predicted octanol–water partition coefficient (Wildman–Crippen LogP) is 1.38. The van der Waals surface area contributed by atoms with Gasteiger partial charge in [-0.15, -0.1) is 0 Å². The van der Waals surface area contributed by atoms with Gasteiger partial charge in [0, 0.05) is 11.8 Å². The summed E-state index contributed by atoms with van der Waals surface area (Å²) in [6, 6.07) is 9.41. The van der Waals surface area contributed by atoms with Gasteiger partial charge in [0.05, 0.1) is 12.2 Å². The van der Waals surface area contributed by atoms with E-state index in [-0.39, 0.29) is 18.1 Å². The molecule has 5 nitrogen and oxygen atoms in total. The smallest absolute Gasteiger partial charge is 0.335 e. The van der Waals surface area contributed by atoms with Crippen LogP contribution in [0.5, 0.6) is 0 Å². The minimum absolute atomic E-state index is 0.0933. The van der Waals surface area contributed by atoms with E-state index >= 15 is 0 Å². The number of anilines is 1. The molecule has 2 aromatic rings. The Morgan fingerprint density at radius 1 is 1.28 bits per heavy atom. The number of carbonyl (C=O) groups excluding carboxylic acids is 1. The van der Waals surface area contributed by atoms with Gasteiger partial charge in [0.25, 0.3) is 5.91 Å². The van der Waals surface area contributed by atoms with Crippen LogP contribution in [0.3, 0.4) is 0 Å². The molecule has 1 amide bonds. The highest BCUT2D eigenvalue weighted by atomic mass is 16.4. The van der Waals surface area contributed by atoms with Gasteiger partial charge in [0.15, 0.2) is 0 Å². The average molecular weight is 245 g/mol. The van der Waals surface area contributed by atoms with Crippen LogP contribution in [0.1, 0.15) is 15.9 Å². The Hall–Kier alpha value is -2.40. The molecule has 92 valence electrons. The molecule has 1 aromatic heterocycles. The summed E-state index contributed by atoms with van der Waals surface area (Å²) in [5.74, 6) is -0.381. The van der Waals surface area contributed by atoms with Crippen LogP contribution in [0.15, 0.2) is 51.9 Å². The molecule has 0 radical (unpaired) electrons. The van der Waals surface area contributed by atoms with Crippen LogP contribution < -0.4 is 10.9 Å². The van der Waals surface area contributed by atoms with E-state index in [1.165, 1.54) is 12.1 Å². The Bertz CT molecular complexity index is 598. The lowest BCUT2D eigenvalue weighted by Crippen LogP contribution is -2.13. The zero-order valence-electron chi connectivity index (χ0n) is 9.42. The van der Waals surface area contributed by atoms with E-state index in [1.807, 2.05) is 0 Å². The number of hydrogen-bond donors (Lipinski definition) is 2. The maximum atomic E-state index is 11.8. The third-order valence-corrected chi connectivity index (χ3v) is 2.33. The SMILES string of the molecule is O=C(Nc1cccc(CO)c1)c1ccc(=O)oc1. The molecule has 0 unspecified atom stereocenters. The predicted molar refractivity (Wildman–Crippen MR) is 65.3 cm³/mol. The molecule has 0 aliphatic heterocycles. The summed E-state index contributed by atoms with van der Waals surface area (Å²) in [4.78, 5) is 22.5. The first-order valence-corrected chi connectivity index (χ1v) is 5.29. The summed E-state index contributed by atoms with van der Waals surface area (Å²) in [6.07, 6.45) is 1.10. The van der Waals surface area contributed by atoms with Crippen LogP contribution in [0.25, 0.3) is 0 Å². The number of nitrogens with one attached hydrogen (secondary N) is 1. The van der Waals surface area contributed by atoms with Crippen molar-refractivity contribution in [1.82, 2.24) is 0 Å². The summed E-state index contributed by atoms with van der Waals surface area (Å²) in [5, 5.41) is 11.6. The topological polar surface area (TPSA) is 79.5 Å². The van der Waals surface area contributed by atoms with Crippen molar-refractivity contribution in [2.75, 3.05) is 5.32 Å². The van der Waals surface area contributed by atoms with Crippen LogP contribution in [-0.2, 0) is 6.61 Å². The van der Waals surface area contributed by atoms with Crippen molar-refractivity contribution >= 4 is 11.6 Å². The molecule has 0 saturated carbocycles. The normalized spacial score (nSPS) is 10.1. The van der Waals surface area contributed by atoms with E-state index < -0.39 is 5.63 Å². The highest BCUT2D eigenvalue weighted by Gasteiger charge is 2.07. The van der Waals surface area contributed by atoms with Crippen molar-refractivity contribution in [3.63, 3.8) is 0 Å². The second-order valence-corrected chi connectivity index (χ2v) is 3.66. The number of hydrogen-bond acceptors (Lipinski definition) is 4. The highest BCUT2D eigenvalue weighted by Crippen LogP contribution is 2.11. The summed E-state index contributed by atoms with van der Waals surface area (Å²) in [6.45, 7) is -0.0933. The summed E-state index contributed by atoms with van der Waals surface area (Å²) in [5.41, 5.74) is 1.02. The van der Waals surface area contributed by atoms with Gasteiger partial charge in [0.2, 0.25) is 0 Å². The largest absolute Gasteiger partial charge is 0.430 e. The van der Waals surface area contributed by atoms with Gasteiger partial charge in [-0.05, 0) is 23.8 Å². The number of rotatable bonds is 3. The molecule has 18 heavy (non-hydrogen) atoms. The third kappa shape index (κ3) is 2.83. The fourth-order valence-corrected chi connectivity index (χ4v) is 1.44. The maximum absolute atomic E-state index is 11.8. The van der Waals surface area contributed by atoms with Crippen LogP contribution in [0, 0.1) is 0 Å². The molecule has 0 atom stereocenters. The molecule has 1 heterocycles. The molecule has 0 fully saturated rings. The molecule has 2 N–H and O–H groups in total. The van der Waals surface area contributed by atoms with Gasteiger partial charge in [-0.1, -0.05) is 12.1 Å². The molecule has 0 aliphatic rings. The van der Waals surface area contributed by atoms with Crippen molar-refractivity contribution in [3.05, 3.63) is 64.2 Å². The lowest BCUT2D eigenvalue weighted by Gasteiger charge is -2.05. The van der Waals surface area contributed by atoms with Crippen molar-refractivity contribution in [2.24, 2.45) is 0 Å². The van der Waals surface area contributed by atoms with Crippen molar-refractivity contribution in [2.45, 2.75) is 6.61 Å². The summed E-state index contributed by atoms with van der Waals surface area (Å²) < 4.78 is 4.61. The Balaban J connectivity index is 2.15. The lowest BCUT2D eigenvalue weighted by molar-refractivity contribution is 0.102. The molecule has 0 saturated heterocycles. The summed E-state index contributed by atoms with van der Waals surface area (Å²) in [7, 11) is 0. The minimum atomic E-state index is -0.506. The van der Waals surface area contributed by atoms with Crippen LogP contribution in [0.4, 0.5) is 5.69 Å². The fraction of sp³-hybridized carbons (Fsp3) is 0.0769. The van der Waals surface area contributed by atoms with Crippen LogP contribution in [0.2, 0.25) is 0 Å². The molecular formula is C13H11NO4. The first kappa shape index (κ1) is 12.1. The van der Waals surface area contributed by atoms with Gasteiger partial charge in [-0.25, -0.2) is 4.79 Å². The van der Waals surface area contributed by atoms with Gasteiger partial charge >= 0.3 is 5.63 Å². The zero-order valence-corrected chi connectivity index (χ0v) is 9.42. The Morgan fingerprint density at radius 2 is 2.11 bits per heavy atom. The molecule has 1 aromatic carbocycles. The number of aliphatic hydroxyl groups is 1. The van der Waals surface area contributed by atoms with Gasteiger partial charge < -0.3 is 14.8 Å². The molecule has 0 spiro atoms. The van der Waals surface area contributed by atoms with Gasteiger partial charge in [0.1, 0.15) is 6.26 Å². The highest BCUT2D eigenvalue weighted by molar-refractivity contribution is 6.03. The first-order valence-electron chi connectivity index (χ1n) is 5.29. The standard InChI is InChI=1S/C13H11NO4/c15-7-9-2-1-3-11(6-9)14-13(17)10-4-5-12(16)18-8-10/h1-6,8,15H,7H2,(H,14,17). The van der Waals surface area contributed by atoms with Crippen LogP contribution >= 0.6 is 0 Å². The molecule has 0 bridgehead atoms. The fourth-order valence-electron chi connectivity index (χ4n) is 1.44. The molecule has 2 rings (SSSR count). The van der Waals surface area contributed by atoms with E-state index in [9.17, 15) is 9.59 Å². The third-order valence-electron chi connectivity index (χ3n) is 2.33. The van der Waals surface area contributed by atoms with Crippen molar-refractivity contribution in [3.8, 4) is 0 Å². The van der Waals surface area contributed by atoms with Crippen molar-refractivity contribution in [1.29, 1.82) is 0 Å². The number of amides is 1. The minimum Gasteiger partial charge on any atom is -0.430 e. The van der Waals surface area contributed by atoms with E-state index in [0.29, 0.717) is 11.3 Å². The van der Waals surface area contributed by atoms with Gasteiger partial charge in [-0.3, -0.25) is 4.79 Å². The lowest BCUT2D eigenvalue weighted by atomic mass is 10.2.